The van der Waals surface area contributed by atoms with Crippen LogP contribution < -0.4 is 15.5 Å². The van der Waals surface area contributed by atoms with Gasteiger partial charge in [-0.05, 0) is 37.5 Å². The van der Waals surface area contributed by atoms with E-state index in [4.69, 9.17) is 0 Å². The summed E-state index contributed by atoms with van der Waals surface area (Å²) in [4.78, 5) is 13.9. The molecule has 2 amide bonds. The SMILES string of the molecule is CCN(C)c1cccc(NC(=O)NCC(O)CC(C)C)c1. The summed E-state index contributed by atoms with van der Waals surface area (Å²) >= 11 is 0. The Balaban J connectivity index is 2.48. The predicted molar refractivity (Wildman–Crippen MR) is 87.9 cm³/mol. The molecule has 0 saturated heterocycles. The van der Waals surface area contributed by atoms with E-state index in [1.807, 2.05) is 45.2 Å². The monoisotopic (exact) mass is 293 g/mol. The van der Waals surface area contributed by atoms with E-state index >= 15 is 0 Å². The third-order valence-electron chi connectivity index (χ3n) is 3.26. The minimum absolute atomic E-state index is 0.262. The number of amides is 2. The number of urea groups is 1. The van der Waals surface area contributed by atoms with Gasteiger partial charge in [-0.1, -0.05) is 19.9 Å². The second kappa shape index (κ2) is 8.52. The van der Waals surface area contributed by atoms with Crippen molar-refractivity contribution in [3.8, 4) is 0 Å². The molecule has 0 fully saturated rings. The summed E-state index contributed by atoms with van der Waals surface area (Å²) in [6.07, 6.45) is 0.171. The number of aliphatic hydroxyl groups excluding tert-OH is 1. The van der Waals surface area contributed by atoms with Gasteiger partial charge < -0.3 is 20.6 Å². The molecule has 0 aliphatic heterocycles. The van der Waals surface area contributed by atoms with Crippen LogP contribution in [0, 0.1) is 5.92 Å². The lowest BCUT2D eigenvalue weighted by Crippen LogP contribution is -2.35. The van der Waals surface area contributed by atoms with Crippen molar-refractivity contribution in [2.45, 2.75) is 33.3 Å². The molecule has 0 bridgehead atoms. The number of hydrogen-bond acceptors (Lipinski definition) is 3. The third-order valence-corrected chi connectivity index (χ3v) is 3.26. The number of nitrogens with zero attached hydrogens (tertiary/aromatic N) is 1. The molecule has 1 atom stereocenters. The summed E-state index contributed by atoms with van der Waals surface area (Å²) in [5.74, 6) is 0.408. The van der Waals surface area contributed by atoms with Gasteiger partial charge in [-0.25, -0.2) is 4.79 Å². The molecule has 0 heterocycles. The van der Waals surface area contributed by atoms with Crippen LogP contribution in [0.25, 0.3) is 0 Å². The third kappa shape index (κ3) is 6.49. The van der Waals surface area contributed by atoms with Crippen molar-refractivity contribution in [1.82, 2.24) is 5.32 Å². The number of hydrogen-bond donors (Lipinski definition) is 3. The zero-order valence-corrected chi connectivity index (χ0v) is 13.4. The van der Waals surface area contributed by atoms with Crippen molar-refractivity contribution < 1.29 is 9.90 Å². The van der Waals surface area contributed by atoms with Crippen LogP contribution >= 0.6 is 0 Å². The number of nitrogens with one attached hydrogen (secondary N) is 2. The summed E-state index contributed by atoms with van der Waals surface area (Å²) < 4.78 is 0. The maximum absolute atomic E-state index is 11.8. The van der Waals surface area contributed by atoms with E-state index in [0.29, 0.717) is 12.3 Å². The fourth-order valence-corrected chi connectivity index (χ4v) is 2.02. The molecule has 1 unspecified atom stereocenters. The van der Waals surface area contributed by atoms with Crippen LogP contribution in [-0.4, -0.2) is 37.4 Å². The van der Waals surface area contributed by atoms with Gasteiger partial charge in [0.1, 0.15) is 0 Å². The number of carbonyl (C=O) groups excluding carboxylic acids is 1. The smallest absolute Gasteiger partial charge is 0.319 e. The van der Waals surface area contributed by atoms with Crippen molar-refractivity contribution >= 4 is 17.4 Å². The van der Waals surface area contributed by atoms with E-state index < -0.39 is 6.10 Å². The van der Waals surface area contributed by atoms with Crippen molar-refractivity contribution in [3.05, 3.63) is 24.3 Å². The van der Waals surface area contributed by atoms with E-state index in [2.05, 4.69) is 22.5 Å². The number of aliphatic hydroxyl groups is 1. The highest BCUT2D eigenvalue weighted by Crippen LogP contribution is 2.18. The van der Waals surface area contributed by atoms with Crippen molar-refractivity contribution in [3.63, 3.8) is 0 Å². The first-order valence-electron chi connectivity index (χ1n) is 7.46. The highest BCUT2D eigenvalue weighted by molar-refractivity contribution is 5.89. The van der Waals surface area contributed by atoms with E-state index in [0.717, 1.165) is 17.9 Å². The first-order valence-corrected chi connectivity index (χ1v) is 7.46. The average Bonchev–Trinajstić information content (AvgIpc) is 2.44. The molecule has 5 heteroatoms. The Hall–Kier alpha value is -1.75. The Morgan fingerprint density at radius 2 is 2.10 bits per heavy atom. The molecule has 0 radical (unpaired) electrons. The first kappa shape index (κ1) is 17.3. The fraction of sp³-hybridized carbons (Fsp3) is 0.562. The molecule has 5 nitrogen and oxygen atoms in total. The maximum Gasteiger partial charge on any atom is 0.319 e. The molecule has 21 heavy (non-hydrogen) atoms. The summed E-state index contributed by atoms with van der Waals surface area (Å²) in [6.45, 7) is 7.32. The molecule has 3 N–H and O–H groups in total. The summed E-state index contributed by atoms with van der Waals surface area (Å²) in [7, 11) is 2.00. The molecule has 0 aromatic heterocycles. The standard InChI is InChI=1S/C16H27N3O2/c1-5-19(4)14-8-6-7-13(10-14)18-16(21)17-11-15(20)9-12(2)3/h6-8,10,12,15,20H,5,9,11H2,1-4H3,(H2,17,18,21). The molecule has 1 rings (SSSR count). The van der Waals surface area contributed by atoms with Crippen LogP contribution in [0.4, 0.5) is 16.2 Å². The van der Waals surface area contributed by atoms with Crippen LogP contribution in [0.15, 0.2) is 24.3 Å². The van der Waals surface area contributed by atoms with Crippen molar-refractivity contribution in [2.24, 2.45) is 5.92 Å². The minimum atomic E-state index is -0.506. The van der Waals surface area contributed by atoms with Crippen LogP contribution in [-0.2, 0) is 0 Å². The van der Waals surface area contributed by atoms with Crippen LogP contribution in [0.2, 0.25) is 0 Å². The molecule has 0 spiro atoms. The number of carbonyl (C=O) groups is 1. The number of anilines is 2. The zero-order valence-electron chi connectivity index (χ0n) is 13.4. The molecule has 0 aliphatic carbocycles. The Kier molecular flexibility index (Phi) is 7.02. The average molecular weight is 293 g/mol. The van der Waals surface area contributed by atoms with Gasteiger partial charge in [-0.3, -0.25) is 0 Å². The topological polar surface area (TPSA) is 64.6 Å². The number of rotatable bonds is 7. The lowest BCUT2D eigenvalue weighted by molar-refractivity contribution is 0.148. The highest BCUT2D eigenvalue weighted by atomic mass is 16.3. The highest BCUT2D eigenvalue weighted by Gasteiger charge is 2.09. The van der Waals surface area contributed by atoms with Gasteiger partial charge in [-0.2, -0.15) is 0 Å². The lowest BCUT2D eigenvalue weighted by Gasteiger charge is -2.18. The largest absolute Gasteiger partial charge is 0.391 e. The van der Waals surface area contributed by atoms with Crippen LogP contribution in [0.5, 0.6) is 0 Å². The van der Waals surface area contributed by atoms with E-state index in [9.17, 15) is 9.90 Å². The molecule has 1 aromatic carbocycles. The van der Waals surface area contributed by atoms with Crippen LogP contribution in [0.3, 0.4) is 0 Å². The maximum atomic E-state index is 11.8. The van der Waals surface area contributed by atoms with Gasteiger partial charge in [0.05, 0.1) is 6.10 Å². The van der Waals surface area contributed by atoms with Gasteiger partial charge in [0.15, 0.2) is 0 Å². The first-order chi connectivity index (χ1) is 9.92. The molecule has 1 aromatic rings. The Bertz CT molecular complexity index is 449. The second-order valence-electron chi connectivity index (χ2n) is 5.68. The molecular weight excluding hydrogens is 266 g/mol. The van der Waals surface area contributed by atoms with E-state index in [1.54, 1.807) is 0 Å². The Morgan fingerprint density at radius 3 is 2.71 bits per heavy atom. The summed E-state index contributed by atoms with van der Waals surface area (Å²) in [5, 5.41) is 15.2. The predicted octanol–water partition coefficient (Wildman–Crippen LogP) is 2.67. The minimum Gasteiger partial charge on any atom is -0.391 e. The lowest BCUT2D eigenvalue weighted by atomic mass is 10.1. The Morgan fingerprint density at radius 1 is 1.38 bits per heavy atom. The summed E-state index contributed by atoms with van der Waals surface area (Å²) in [6, 6.07) is 7.38. The number of benzene rings is 1. The van der Waals surface area contributed by atoms with Gasteiger partial charge >= 0.3 is 6.03 Å². The van der Waals surface area contributed by atoms with E-state index in [-0.39, 0.29) is 12.6 Å². The fourth-order valence-electron chi connectivity index (χ4n) is 2.02. The van der Waals surface area contributed by atoms with Crippen molar-refractivity contribution in [2.75, 3.05) is 30.4 Å². The van der Waals surface area contributed by atoms with Gasteiger partial charge in [0.2, 0.25) is 0 Å². The van der Waals surface area contributed by atoms with E-state index in [1.165, 1.54) is 0 Å². The molecule has 0 saturated carbocycles. The molecular formula is C16H27N3O2. The van der Waals surface area contributed by atoms with Gasteiger partial charge in [0, 0.05) is 31.5 Å². The van der Waals surface area contributed by atoms with Gasteiger partial charge in [-0.15, -0.1) is 0 Å². The molecule has 0 aliphatic rings. The Labute approximate surface area is 127 Å². The molecule has 118 valence electrons. The zero-order chi connectivity index (χ0) is 15.8. The van der Waals surface area contributed by atoms with Crippen molar-refractivity contribution in [1.29, 1.82) is 0 Å². The summed E-state index contributed by atoms with van der Waals surface area (Å²) in [5.41, 5.74) is 1.79. The van der Waals surface area contributed by atoms with Gasteiger partial charge in [0.25, 0.3) is 0 Å². The normalized spacial score (nSPS) is 12.1. The quantitative estimate of drug-likeness (QED) is 0.724. The second-order valence-corrected chi connectivity index (χ2v) is 5.68. The van der Waals surface area contributed by atoms with Crippen LogP contribution in [0.1, 0.15) is 27.2 Å².